The van der Waals surface area contributed by atoms with Crippen molar-refractivity contribution in [3.8, 4) is 0 Å². The van der Waals surface area contributed by atoms with Gasteiger partial charge in [-0.3, -0.25) is 16.0 Å². The van der Waals surface area contributed by atoms with E-state index >= 15 is 0 Å². The number of ether oxygens (including phenoxy) is 1. The van der Waals surface area contributed by atoms with Gasteiger partial charge >= 0.3 is 0 Å². The zero-order valence-corrected chi connectivity index (χ0v) is 9.60. The van der Waals surface area contributed by atoms with Crippen molar-refractivity contribution >= 4 is 0 Å². The summed E-state index contributed by atoms with van der Waals surface area (Å²) in [4.78, 5) is 0. The quantitative estimate of drug-likeness (QED) is 0.523. The molecule has 1 aromatic heterocycles. The minimum atomic E-state index is 0.203. The number of nitrogens with zero attached hydrogens (tertiary/aromatic N) is 2. The summed E-state index contributed by atoms with van der Waals surface area (Å²) in [5.74, 6) is 5.49. The largest absolute Gasteiger partial charge is 0.382 e. The molecule has 1 heterocycles. The molecule has 0 spiro atoms. The third kappa shape index (κ3) is 3.99. The van der Waals surface area contributed by atoms with Crippen molar-refractivity contribution in [2.45, 2.75) is 31.9 Å². The van der Waals surface area contributed by atoms with Crippen LogP contribution in [0.4, 0.5) is 0 Å². The summed E-state index contributed by atoms with van der Waals surface area (Å²) in [6.07, 6.45) is 3.84. The van der Waals surface area contributed by atoms with E-state index < -0.39 is 0 Å². The number of methoxy groups -OCH3 is 1. The fourth-order valence-corrected chi connectivity index (χ4v) is 1.53. The van der Waals surface area contributed by atoms with Gasteiger partial charge < -0.3 is 4.74 Å². The Morgan fingerprint density at radius 1 is 1.67 bits per heavy atom. The highest BCUT2D eigenvalue weighted by Gasteiger charge is 2.13. The molecule has 86 valence electrons. The smallest absolute Gasteiger partial charge is 0.0640 e. The van der Waals surface area contributed by atoms with Crippen molar-refractivity contribution < 1.29 is 4.74 Å². The number of rotatable bonds is 6. The summed E-state index contributed by atoms with van der Waals surface area (Å²) in [6.45, 7) is 2.03. The van der Waals surface area contributed by atoms with Gasteiger partial charge in [0.05, 0.1) is 11.8 Å². The van der Waals surface area contributed by atoms with E-state index in [0.717, 1.165) is 18.5 Å². The van der Waals surface area contributed by atoms with Crippen LogP contribution in [0.5, 0.6) is 0 Å². The van der Waals surface area contributed by atoms with Crippen LogP contribution in [0, 0.1) is 0 Å². The molecule has 3 N–H and O–H groups in total. The summed E-state index contributed by atoms with van der Waals surface area (Å²) in [6, 6.07) is 2.21. The molecule has 0 aromatic carbocycles. The van der Waals surface area contributed by atoms with E-state index in [9.17, 15) is 0 Å². The maximum atomic E-state index is 5.49. The van der Waals surface area contributed by atoms with E-state index in [0.29, 0.717) is 0 Å². The summed E-state index contributed by atoms with van der Waals surface area (Å²) in [5.41, 5.74) is 3.84. The molecule has 15 heavy (non-hydrogen) atoms. The van der Waals surface area contributed by atoms with Gasteiger partial charge in [0, 0.05) is 32.8 Å². The van der Waals surface area contributed by atoms with E-state index in [2.05, 4.69) is 10.5 Å². The van der Waals surface area contributed by atoms with E-state index in [1.165, 1.54) is 0 Å². The molecule has 0 aliphatic rings. The second kappa shape index (κ2) is 5.85. The summed E-state index contributed by atoms with van der Waals surface area (Å²) < 4.78 is 7.00. The SMILES string of the molecule is COC(C)CC(Cc1ccn(C)n1)NN. The molecular formula is C10H20N4O. The molecule has 2 unspecified atom stereocenters. The number of nitrogens with one attached hydrogen (secondary N) is 1. The number of hydrazine groups is 1. The number of hydrogen-bond acceptors (Lipinski definition) is 4. The zero-order valence-electron chi connectivity index (χ0n) is 9.60. The normalized spacial score (nSPS) is 15.2. The predicted octanol–water partition coefficient (Wildman–Crippen LogP) is 0.220. The highest BCUT2D eigenvalue weighted by molar-refractivity contribution is 5.01. The average Bonchev–Trinajstić information content (AvgIpc) is 2.62. The van der Waals surface area contributed by atoms with Gasteiger partial charge in [0.1, 0.15) is 0 Å². The minimum absolute atomic E-state index is 0.203. The number of aryl methyl sites for hydroxylation is 1. The standard InChI is InChI=1S/C10H20N4O/c1-8(15-3)6-10(12-11)7-9-4-5-14(2)13-9/h4-5,8,10,12H,6-7,11H2,1-3H3. The Kier molecular flexibility index (Phi) is 4.74. The molecule has 5 heteroatoms. The first kappa shape index (κ1) is 12.2. The lowest BCUT2D eigenvalue weighted by atomic mass is 10.1. The van der Waals surface area contributed by atoms with Crippen LogP contribution in [0.25, 0.3) is 0 Å². The second-order valence-corrected chi connectivity index (χ2v) is 3.83. The second-order valence-electron chi connectivity index (χ2n) is 3.83. The van der Waals surface area contributed by atoms with E-state index in [4.69, 9.17) is 10.6 Å². The monoisotopic (exact) mass is 212 g/mol. The van der Waals surface area contributed by atoms with Crippen LogP contribution in [0.2, 0.25) is 0 Å². The minimum Gasteiger partial charge on any atom is -0.382 e. The lowest BCUT2D eigenvalue weighted by molar-refractivity contribution is 0.100. The highest BCUT2D eigenvalue weighted by Crippen LogP contribution is 2.06. The maximum Gasteiger partial charge on any atom is 0.0640 e. The van der Waals surface area contributed by atoms with Crippen molar-refractivity contribution in [1.29, 1.82) is 0 Å². The van der Waals surface area contributed by atoms with Crippen LogP contribution in [0.15, 0.2) is 12.3 Å². The average molecular weight is 212 g/mol. The number of hydrogen-bond donors (Lipinski definition) is 2. The van der Waals surface area contributed by atoms with Crippen LogP contribution in [-0.4, -0.2) is 29.0 Å². The lowest BCUT2D eigenvalue weighted by Crippen LogP contribution is -2.39. The van der Waals surface area contributed by atoms with Gasteiger partial charge in [-0.1, -0.05) is 0 Å². The molecule has 1 rings (SSSR count). The van der Waals surface area contributed by atoms with Gasteiger partial charge in [-0.05, 0) is 19.4 Å². The fourth-order valence-electron chi connectivity index (χ4n) is 1.53. The Morgan fingerprint density at radius 3 is 2.87 bits per heavy atom. The van der Waals surface area contributed by atoms with Crippen molar-refractivity contribution in [3.05, 3.63) is 18.0 Å². The van der Waals surface area contributed by atoms with Gasteiger partial charge in [0.25, 0.3) is 0 Å². The van der Waals surface area contributed by atoms with Gasteiger partial charge in [-0.25, -0.2) is 0 Å². The Balaban J connectivity index is 2.46. The first-order valence-electron chi connectivity index (χ1n) is 5.13. The Hall–Kier alpha value is -0.910. The van der Waals surface area contributed by atoms with Gasteiger partial charge in [-0.2, -0.15) is 5.10 Å². The molecule has 5 nitrogen and oxygen atoms in total. The van der Waals surface area contributed by atoms with Crippen molar-refractivity contribution in [3.63, 3.8) is 0 Å². The molecule has 0 fully saturated rings. The number of aromatic nitrogens is 2. The van der Waals surface area contributed by atoms with Crippen molar-refractivity contribution in [1.82, 2.24) is 15.2 Å². The summed E-state index contributed by atoms with van der Waals surface area (Å²) in [7, 11) is 3.62. The van der Waals surface area contributed by atoms with Crippen LogP contribution >= 0.6 is 0 Å². The first-order valence-corrected chi connectivity index (χ1v) is 5.13. The molecule has 0 aliphatic heterocycles. The highest BCUT2D eigenvalue weighted by atomic mass is 16.5. The van der Waals surface area contributed by atoms with E-state index in [1.807, 2.05) is 26.2 Å². The fraction of sp³-hybridized carbons (Fsp3) is 0.700. The summed E-state index contributed by atoms with van der Waals surface area (Å²) in [5, 5.41) is 4.31. The number of nitrogens with two attached hydrogens (primary N) is 1. The molecule has 2 atom stereocenters. The third-order valence-electron chi connectivity index (χ3n) is 2.48. The molecular weight excluding hydrogens is 192 g/mol. The van der Waals surface area contributed by atoms with Crippen LogP contribution < -0.4 is 11.3 Å². The zero-order chi connectivity index (χ0) is 11.3. The molecule has 0 amide bonds. The van der Waals surface area contributed by atoms with E-state index in [1.54, 1.807) is 11.8 Å². The molecule has 0 aliphatic carbocycles. The van der Waals surface area contributed by atoms with Gasteiger partial charge in [0.15, 0.2) is 0 Å². The van der Waals surface area contributed by atoms with Crippen molar-refractivity contribution in [2.24, 2.45) is 12.9 Å². The molecule has 0 radical (unpaired) electrons. The summed E-state index contributed by atoms with van der Waals surface area (Å²) >= 11 is 0. The topological polar surface area (TPSA) is 65.1 Å². The van der Waals surface area contributed by atoms with Gasteiger partial charge in [0.2, 0.25) is 0 Å². The van der Waals surface area contributed by atoms with E-state index in [-0.39, 0.29) is 12.1 Å². The first-order chi connectivity index (χ1) is 7.15. The maximum absolute atomic E-state index is 5.49. The van der Waals surface area contributed by atoms with Crippen LogP contribution in [0.1, 0.15) is 19.0 Å². The Bertz CT molecular complexity index is 287. The Labute approximate surface area is 90.6 Å². The van der Waals surface area contributed by atoms with Crippen LogP contribution in [-0.2, 0) is 18.2 Å². The molecule has 0 bridgehead atoms. The predicted molar refractivity (Wildman–Crippen MR) is 59.1 cm³/mol. The third-order valence-corrected chi connectivity index (χ3v) is 2.48. The lowest BCUT2D eigenvalue weighted by Gasteiger charge is -2.18. The molecule has 0 saturated carbocycles. The Morgan fingerprint density at radius 2 is 2.40 bits per heavy atom. The van der Waals surface area contributed by atoms with Gasteiger partial charge in [-0.15, -0.1) is 0 Å². The molecule has 1 aromatic rings. The van der Waals surface area contributed by atoms with Crippen molar-refractivity contribution in [2.75, 3.05) is 7.11 Å². The molecule has 0 saturated heterocycles. The van der Waals surface area contributed by atoms with Crippen LogP contribution in [0.3, 0.4) is 0 Å².